The van der Waals surface area contributed by atoms with Crippen LogP contribution in [-0.4, -0.2) is 41.0 Å². The van der Waals surface area contributed by atoms with Crippen molar-refractivity contribution in [1.29, 1.82) is 0 Å². The molecule has 0 fully saturated rings. The third kappa shape index (κ3) is 6.23. The Morgan fingerprint density at radius 3 is 1.77 bits per heavy atom. The Morgan fingerprint density at radius 1 is 0.885 bits per heavy atom. The summed E-state index contributed by atoms with van der Waals surface area (Å²) < 4.78 is 4.91. The van der Waals surface area contributed by atoms with Crippen LogP contribution in [0.4, 0.5) is 0 Å². The summed E-state index contributed by atoms with van der Waals surface area (Å²) in [4.78, 5) is 22.1. The third-order valence-corrected chi connectivity index (χ3v) is 3.84. The van der Waals surface area contributed by atoms with Crippen molar-refractivity contribution in [3.8, 4) is 0 Å². The molecule has 0 aromatic heterocycles. The molecule has 0 aliphatic heterocycles. The number of carboxylic acids is 1. The van der Waals surface area contributed by atoms with Gasteiger partial charge >= 0.3 is 35.5 Å². The molecule has 2 aromatic carbocycles. The summed E-state index contributed by atoms with van der Waals surface area (Å²) in [6, 6.07) is 19.3. The first-order valence-electron chi connectivity index (χ1n) is 7.84. The SMILES string of the molecule is O=C([O-])[C@H](O)[C@@H](O)C(=O)OCCC(c1ccccc1)c1ccccc1.[Na+]. The summed E-state index contributed by atoms with van der Waals surface area (Å²) in [7, 11) is 0. The number of ether oxygens (including phenoxy) is 1. The number of benzene rings is 2. The van der Waals surface area contributed by atoms with E-state index in [-0.39, 0.29) is 42.1 Å². The van der Waals surface area contributed by atoms with Gasteiger partial charge < -0.3 is 24.9 Å². The average molecular weight is 366 g/mol. The van der Waals surface area contributed by atoms with Gasteiger partial charge in [0.25, 0.3) is 0 Å². The van der Waals surface area contributed by atoms with Crippen molar-refractivity contribution in [2.24, 2.45) is 0 Å². The number of rotatable bonds is 8. The van der Waals surface area contributed by atoms with E-state index in [0.29, 0.717) is 6.42 Å². The Hall–Kier alpha value is -1.70. The topological polar surface area (TPSA) is 107 Å². The van der Waals surface area contributed by atoms with Crippen LogP contribution in [0.2, 0.25) is 0 Å². The van der Waals surface area contributed by atoms with E-state index in [9.17, 15) is 19.8 Å². The largest absolute Gasteiger partial charge is 1.00 e. The Kier molecular flexibility index (Phi) is 9.54. The van der Waals surface area contributed by atoms with Crippen LogP contribution in [0.1, 0.15) is 23.5 Å². The molecular weight excluding hydrogens is 347 g/mol. The van der Waals surface area contributed by atoms with Crippen LogP contribution in [0.25, 0.3) is 0 Å². The second-order valence-corrected chi connectivity index (χ2v) is 5.54. The summed E-state index contributed by atoms with van der Waals surface area (Å²) >= 11 is 0. The fourth-order valence-corrected chi connectivity index (χ4v) is 2.52. The number of carboxylic acid groups (broad SMARTS) is 1. The molecule has 2 atom stereocenters. The second-order valence-electron chi connectivity index (χ2n) is 5.54. The molecule has 2 aromatic rings. The van der Waals surface area contributed by atoms with Crippen molar-refractivity contribution < 1.29 is 59.2 Å². The van der Waals surface area contributed by atoms with Crippen LogP contribution in [0.5, 0.6) is 0 Å². The monoisotopic (exact) mass is 366 g/mol. The molecule has 2 rings (SSSR count). The molecule has 0 amide bonds. The molecule has 6 nitrogen and oxygen atoms in total. The Morgan fingerprint density at radius 2 is 1.35 bits per heavy atom. The van der Waals surface area contributed by atoms with E-state index in [0.717, 1.165) is 11.1 Å². The number of aliphatic hydroxyl groups is 2. The van der Waals surface area contributed by atoms with Crippen molar-refractivity contribution in [2.75, 3.05) is 6.61 Å². The second kappa shape index (κ2) is 11.1. The third-order valence-electron chi connectivity index (χ3n) is 3.84. The molecule has 7 heteroatoms. The van der Waals surface area contributed by atoms with Gasteiger partial charge in [-0.05, 0) is 17.5 Å². The Bertz CT molecular complexity index is 652. The smallest absolute Gasteiger partial charge is 0.547 e. The van der Waals surface area contributed by atoms with Gasteiger partial charge in [-0.2, -0.15) is 0 Å². The Balaban J connectivity index is 0.00000338. The van der Waals surface area contributed by atoms with Crippen LogP contribution >= 0.6 is 0 Å². The number of carbonyl (C=O) groups excluding carboxylic acids is 2. The molecule has 0 saturated heterocycles. The predicted octanol–water partition coefficient (Wildman–Crippen LogP) is -2.77. The fourth-order valence-electron chi connectivity index (χ4n) is 2.52. The van der Waals surface area contributed by atoms with Crippen LogP contribution in [0.15, 0.2) is 60.7 Å². The van der Waals surface area contributed by atoms with Gasteiger partial charge in [-0.25, -0.2) is 4.79 Å². The first-order chi connectivity index (χ1) is 12.0. The summed E-state index contributed by atoms with van der Waals surface area (Å²) in [5, 5.41) is 29.0. The minimum absolute atomic E-state index is 0. The normalized spacial score (nSPS) is 12.7. The van der Waals surface area contributed by atoms with Gasteiger partial charge in [0.15, 0.2) is 6.10 Å². The Labute approximate surface area is 173 Å². The molecule has 132 valence electrons. The number of aliphatic carboxylic acids is 1. The number of hydrogen-bond acceptors (Lipinski definition) is 6. The minimum Gasteiger partial charge on any atom is -0.547 e. The molecule has 0 aliphatic rings. The standard InChI is InChI=1S/C19H20O6.Na/c20-16(18(22)23)17(21)19(24)25-12-11-15(13-7-3-1-4-8-13)14-9-5-2-6-10-14;/h1-10,15-17,20-21H,11-12H2,(H,22,23);/q;+1/p-1/t16-,17-;/m1./s1. The summed E-state index contributed by atoms with van der Waals surface area (Å²) in [5.41, 5.74) is 2.08. The first kappa shape index (κ1) is 22.3. The van der Waals surface area contributed by atoms with Crippen molar-refractivity contribution in [2.45, 2.75) is 24.5 Å². The van der Waals surface area contributed by atoms with Crippen LogP contribution in [-0.2, 0) is 14.3 Å². The number of carbonyl (C=O) groups is 2. The number of esters is 1. The van der Waals surface area contributed by atoms with E-state index in [4.69, 9.17) is 9.84 Å². The van der Waals surface area contributed by atoms with Crippen molar-refractivity contribution in [3.05, 3.63) is 71.8 Å². The zero-order valence-corrected chi connectivity index (χ0v) is 16.4. The molecule has 26 heavy (non-hydrogen) atoms. The van der Waals surface area contributed by atoms with Crippen molar-refractivity contribution in [1.82, 2.24) is 0 Å². The zero-order valence-electron chi connectivity index (χ0n) is 14.4. The average Bonchev–Trinajstić information content (AvgIpc) is 2.65. The van der Waals surface area contributed by atoms with E-state index in [1.54, 1.807) is 0 Å². The van der Waals surface area contributed by atoms with Crippen molar-refractivity contribution in [3.63, 3.8) is 0 Å². The van der Waals surface area contributed by atoms with Crippen molar-refractivity contribution >= 4 is 11.9 Å². The number of hydrogen-bond donors (Lipinski definition) is 2. The molecule has 0 spiro atoms. The maximum atomic E-state index is 11.6. The number of aliphatic hydroxyl groups excluding tert-OH is 2. The van der Waals surface area contributed by atoms with E-state index < -0.39 is 24.1 Å². The quantitative estimate of drug-likeness (QED) is 0.387. The predicted molar refractivity (Wildman–Crippen MR) is 87.3 cm³/mol. The molecule has 0 bridgehead atoms. The molecular formula is C19H19NaO6. The van der Waals surface area contributed by atoms with Gasteiger partial charge in [0.05, 0.1) is 12.6 Å². The van der Waals surface area contributed by atoms with Gasteiger partial charge in [0.1, 0.15) is 6.10 Å². The van der Waals surface area contributed by atoms with Crippen LogP contribution in [0.3, 0.4) is 0 Å². The van der Waals surface area contributed by atoms with Crippen LogP contribution < -0.4 is 34.7 Å². The van der Waals surface area contributed by atoms with Gasteiger partial charge in [-0.1, -0.05) is 60.7 Å². The minimum atomic E-state index is -2.31. The molecule has 2 N–H and O–H groups in total. The van der Waals surface area contributed by atoms with Gasteiger partial charge in [0.2, 0.25) is 0 Å². The van der Waals surface area contributed by atoms with E-state index in [2.05, 4.69) is 0 Å². The summed E-state index contributed by atoms with van der Waals surface area (Å²) in [6.07, 6.45) is -4.04. The van der Waals surface area contributed by atoms with E-state index in [1.807, 2.05) is 60.7 Å². The van der Waals surface area contributed by atoms with Gasteiger partial charge in [0, 0.05) is 5.92 Å². The first-order valence-corrected chi connectivity index (χ1v) is 7.84. The van der Waals surface area contributed by atoms with E-state index >= 15 is 0 Å². The molecule has 0 unspecified atom stereocenters. The summed E-state index contributed by atoms with van der Waals surface area (Å²) in [5.74, 6) is -3.16. The molecule has 0 heterocycles. The van der Waals surface area contributed by atoms with E-state index in [1.165, 1.54) is 0 Å². The maximum Gasteiger partial charge on any atom is 1.00 e. The summed E-state index contributed by atoms with van der Waals surface area (Å²) in [6.45, 7) is -0.0376. The fraction of sp³-hybridized carbons (Fsp3) is 0.263. The van der Waals surface area contributed by atoms with Gasteiger partial charge in [-0.15, -0.1) is 0 Å². The molecule has 0 aliphatic carbocycles. The zero-order chi connectivity index (χ0) is 18.2. The molecule has 0 radical (unpaired) electrons. The van der Waals surface area contributed by atoms with Crippen LogP contribution in [0, 0.1) is 0 Å². The van der Waals surface area contributed by atoms with Gasteiger partial charge in [-0.3, -0.25) is 0 Å². The maximum absolute atomic E-state index is 11.6. The molecule has 0 saturated carbocycles.